The van der Waals surface area contributed by atoms with Gasteiger partial charge < -0.3 is 0 Å². The largest absolute Gasteiger partial charge is 0.270 e. The van der Waals surface area contributed by atoms with E-state index in [-0.39, 0.29) is 0 Å². The van der Waals surface area contributed by atoms with Crippen LogP contribution in [0.5, 0.6) is 0 Å². The van der Waals surface area contributed by atoms with Crippen LogP contribution in [-0.2, 0) is 5.75 Å². The monoisotopic (exact) mass is 430 g/mol. The molecule has 0 unspecified atom stereocenters. The normalized spacial score (nSPS) is 10.7. The van der Waals surface area contributed by atoms with E-state index in [1.165, 1.54) is 5.56 Å². The van der Waals surface area contributed by atoms with E-state index < -0.39 is 0 Å². The van der Waals surface area contributed by atoms with Gasteiger partial charge >= 0.3 is 0 Å². The number of nitrogens with zero attached hydrogens (tertiary/aromatic N) is 4. The Labute approximate surface area is 185 Å². The minimum absolute atomic E-state index is 0.658. The van der Waals surface area contributed by atoms with E-state index >= 15 is 0 Å². The number of aromatic nitrogens is 3. The molecule has 0 saturated carbocycles. The zero-order chi connectivity index (χ0) is 21.1. The Morgan fingerprint density at radius 1 is 1.00 bits per heavy atom. The van der Waals surface area contributed by atoms with Gasteiger partial charge in [-0.25, -0.2) is 0 Å². The summed E-state index contributed by atoms with van der Waals surface area (Å²) in [6, 6.07) is 23.8. The molecule has 30 heavy (non-hydrogen) atoms. The van der Waals surface area contributed by atoms with Crippen LogP contribution in [0.4, 0.5) is 0 Å². The quantitative estimate of drug-likeness (QED) is 0.345. The van der Waals surface area contributed by atoms with Gasteiger partial charge in [-0.2, -0.15) is 5.26 Å². The molecular weight excluding hydrogens is 412 g/mol. The van der Waals surface area contributed by atoms with E-state index in [0.29, 0.717) is 10.6 Å². The molecule has 3 aromatic carbocycles. The first-order valence-electron chi connectivity index (χ1n) is 9.46. The first-order chi connectivity index (χ1) is 14.5. The van der Waals surface area contributed by atoms with Crippen LogP contribution in [0.15, 0.2) is 71.9 Å². The summed E-state index contributed by atoms with van der Waals surface area (Å²) in [5, 5.41) is 19.5. The van der Waals surface area contributed by atoms with Gasteiger partial charge in [0.05, 0.1) is 17.3 Å². The molecule has 6 heteroatoms. The summed E-state index contributed by atoms with van der Waals surface area (Å²) in [6.45, 7) is 4.17. The zero-order valence-electron chi connectivity index (χ0n) is 16.6. The summed E-state index contributed by atoms with van der Waals surface area (Å²) in [7, 11) is 0. The highest BCUT2D eigenvalue weighted by Gasteiger charge is 2.18. The van der Waals surface area contributed by atoms with E-state index in [0.717, 1.165) is 39.1 Å². The fourth-order valence-corrected chi connectivity index (χ4v) is 4.27. The first-order valence-corrected chi connectivity index (χ1v) is 10.8. The van der Waals surface area contributed by atoms with Crippen molar-refractivity contribution in [3.8, 4) is 23.1 Å². The van der Waals surface area contributed by atoms with Gasteiger partial charge in [0, 0.05) is 16.3 Å². The van der Waals surface area contributed by atoms with Crippen molar-refractivity contribution < 1.29 is 0 Å². The van der Waals surface area contributed by atoms with Crippen molar-refractivity contribution in [3.05, 3.63) is 94.0 Å². The number of hydrogen-bond acceptors (Lipinski definition) is 4. The summed E-state index contributed by atoms with van der Waals surface area (Å²) in [6.07, 6.45) is 0. The van der Waals surface area contributed by atoms with Gasteiger partial charge in [-0.3, -0.25) is 4.57 Å². The molecule has 0 spiro atoms. The maximum Gasteiger partial charge on any atom is 0.196 e. The van der Waals surface area contributed by atoms with Crippen LogP contribution in [0.1, 0.15) is 22.3 Å². The maximum absolute atomic E-state index is 8.99. The fourth-order valence-electron chi connectivity index (χ4n) is 3.18. The van der Waals surface area contributed by atoms with Crippen molar-refractivity contribution in [2.75, 3.05) is 0 Å². The van der Waals surface area contributed by atoms with Gasteiger partial charge in [-0.05, 0) is 60.9 Å². The molecule has 0 aliphatic rings. The van der Waals surface area contributed by atoms with Crippen LogP contribution in [0.2, 0.25) is 5.02 Å². The molecule has 0 fully saturated rings. The smallest absolute Gasteiger partial charge is 0.196 e. The van der Waals surface area contributed by atoms with E-state index in [4.69, 9.17) is 16.9 Å². The van der Waals surface area contributed by atoms with Crippen molar-refractivity contribution in [2.45, 2.75) is 24.8 Å². The lowest BCUT2D eigenvalue weighted by Gasteiger charge is -2.14. The number of thioether (sulfide) groups is 1. The van der Waals surface area contributed by atoms with E-state index in [1.807, 2.05) is 48.5 Å². The highest BCUT2D eigenvalue weighted by Crippen LogP contribution is 2.32. The van der Waals surface area contributed by atoms with Crippen molar-refractivity contribution in [1.82, 2.24) is 14.8 Å². The van der Waals surface area contributed by atoms with Gasteiger partial charge in [0.25, 0.3) is 0 Å². The number of rotatable bonds is 5. The van der Waals surface area contributed by atoms with Crippen molar-refractivity contribution in [1.29, 1.82) is 5.26 Å². The number of benzene rings is 3. The summed E-state index contributed by atoms with van der Waals surface area (Å²) in [4.78, 5) is 0. The second kappa shape index (κ2) is 8.74. The topological polar surface area (TPSA) is 54.5 Å². The molecule has 4 aromatic rings. The molecule has 0 amide bonds. The number of halogens is 1. The molecule has 148 valence electrons. The number of nitriles is 1. The van der Waals surface area contributed by atoms with E-state index in [1.54, 1.807) is 11.8 Å². The lowest BCUT2D eigenvalue weighted by molar-refractivity contribution is 0.879. The minimum Gasteiger partial charge on any atom is -0.270 e. The Bertz CT molecular complexity index is 1240. The second-order valence-corrected chi connectivity index (χ2v) is 8.42. The van der Waals surface area contributed by atoms with Gasteiger partial charge in [-0.1, -0.05) is 59.8 Å². The third-order valence-electron chi connectivity index (χ3n) is 4.77. The molecule has 0 aliphatic carbocycles. The van der Waals surface area contributed by atoms with Crippen molar-refractivity contribution in [3.63, 3.8) is 0 Å². The average Bonchev–Trinajstić information content (AvgIpc) is 3.18. The SMILES string of the molecule is Cc1ccc(C)c(-n2c(SCc3ccc(C#N)cc3)nnc2-c2cccc(Cl)c2)c1. The van der Waals surface area contributed by atoms with Gasteiger partial charge in [0.1, 0.15) is 0 Å². The Kier molecular flexibility index (Phi) is 5.89. The van der Waals surface area contributed by atoms with Crippen LogP contribution in [0.25, 0.3) is 17.1 Å². The second-order valence-electron chi connectivity index (χ2n) is 7.04. The summed E-state index contributed by atoms with van der Waals surface area (Å²) >= 11 is 7.85. The highest BCUT2D eigenvalue weighted by molar-refractivity contribution is 7.98. The molecule has 0 saturated heterocycles. The van der Waals surface area contributed by atoms with E-state index in [2.05, 4.69) is 52.9 Å². The Balaban J connectivity index is 1.76. The lowest BCUT2D eigenvalue weighted by Crippen LogP contribution is -2.02. The van der Waals surface area contributed by atoms with Gasteiger partial charge in [-0.15, -0.1) is 10.2 Å². The van der Waals surface area contributed by atoms with Crippen molar-refractivity contribution in [2.24, 2.45) is 0 Å². The molecule has 0 atom stereocenters. The summed E-state index contributed by atoms with van der Waals surface area (Å²) in [5.41, 5.74) is 6.07. The third kappa shape index (κ3) is 4.25. The van der Waals surface area contributed by atoms with Crippen LogP contribution in [0.3, 0.4) is 0 Å². The van der Waals surface area contributed by atoms with Crippen LogP contribution in [0, 0.1) is 25.2 Å². The molecule has 0 N–H and O–H groups in total. The Hall–Kier alpha value is -3.07. The summed E-state index contributed by atoms with van der Waals surface area (Å²) < 4.78 is 2.10. The number of hydrogen-bond donors (Lipinski definition) is 0. The fraction of sp³-hybridized carbons (Fsp3) is 0.125. The number of aryl methyl sites for hydroxylation is 2. The molecule has 1 heterocycles. The average molecular weight is 431 g/mol. The maximum atomic E-state index is 8.99. The zero-order valence-corrected chi connectivity index (χ0v) is 18.2. The molecule has 4 rings (SSSR count). The van der Waals surface area contributed by atoms with Crippen LogP contribution in [-0.4, -0.2) is 14.8 Å². The molecule has 4 nitrogen and oxygen atoms in total. The Morgan fingerprint density at radius 3 is 2.53 bits per heavy atom. The van der Waals surface area contributed by atoms with Gasteiger partial charge in [0.2, 0.25) is 0 Å². The Morgan fingerprint density at radius 2 is 1.80 bits per heavy atom. The van der Waals surface area contributed by atoms with Crippen LogP contribution < -0.4 is 0 Å². The van der Waals surface area contributed by atoms with E-state index in [9.17, 15) is 0 Å². The predicted molar refractivity (Wildman–Crippen MR) is 122 cm³/mol. The standard InChI is InChI=1S/C24H19ClN4S/c1-16-6-7-17(2)22(12-16)29-23(20-4-3-5-21(25)13-20)27-28-24(29)30-15-19-10-8-18(14-26)9-11-19/h3-13H,15H2,1-2H3. The molecular formula is C24H19ClN4S. The third-order valence-corrected chi connectivity index (χ3v) is 6.01. The molecule has 0 aliphatic heterocycles. The van der Waals surface area contributed by atoms with Crippen LogP contribution >= 0.6 is 23.4 Å². The molecule has 0 radical (unpaired) electrons. The molecule has 1 aromatic heterocycles. The van der Waals surface area contributed by atoms with Gasteiger partial charge in [0.15, 0.2) is 11.0 Å². The lowest BCUT2D eigenvalue weighted by atomic mass is 10.1. The predicted octanol–water partition coefficient (Wildman–Crippen LogP) is 6.37. The molecule has 0 bridgehead atoms. The van der Waals surface area contributed by atoms with Crippen molar-refractivity contribution >= 4 is 23.4 Å². The first kappa shape index (κ1) is 20.2. The highest BCUT2D eigenvalue weighted by atomic mass is 35.5. The summed E-state index contributed by atoms with van der Waals surface area (Å²) in [5.74, 6) is 1.48. The minimum atomic E-state index is 0.658.